The summed E-state index contributed by atoms with van der Waals surface area (Å²) in [5.41, 5.74) is 3.08. The normalized spacial score (nSPS) is 17.4. The largest absolute Gasteiger partial charge is 0.471 e. The maximum absolute atomic E-state index is 13.9. The average molecular weight is 609 g/mol. The second-order valence-electron chi connectivity index (χ2n) is 9.18. The van der Waals surface area contributed by atoms with Crippen molar-refractivity contribution >= 4 is 63.3 Å². The van der Waals surface area contributed by atoms with Gasteiger partial charge in [-0.1, -0.05) is 42.1 Å². The molecule has 42 heavy (non-hydrogen) atoms. The number of aliphatic imine (C=N–C) groups is 1. The summed E-state index contributed by atoms with van der Waals surface area (Å²) in [6.07, 6.45) is -5.02. The number of anilines is 3. The fourth-order valence-electron chi connectivity index (χ4n) is 4.29. The minimum absolute atomic E-state index is 0.0125. The molecule has 0 aromatic heterocycles. The molecule has 0 bridgehead atoms. The van der Waals surface area contributed by atoms with Gasteiger partial charge in [0.25, 0.3) is 5.91 Å². The van der Waals surface area contributed by atoms with Crippen LogP contribution in [0.25, 0.3) is 0 Å². The predicted molar refractivity (Wildman–Crippen MR) is 159 cm³/mol. The van der Waals surface area contributed by atoms with Crippen molar-refractivity contribution in [3.05, 3.63) is 87.8 Å². The van der Waals surface area contributed by atoms with Gasteiger partial charge in [-0.15, -0.1) is 0 Å². The van der Waals surface area contributed by atoms with Crippen molar-refractivity contribution in [3.63, 3.8) is 0 Å². The summed E-state index contributed by atoms with van der Waals surface area (Å²) < 4.78 is 38.3. The van der Waals surface area contributed by atoms with Gasteiger partial charge in [0, 0.05) is 24.2 Å². The molecule has 3 aromatic rings. The monoisotopic (exact) mass is 608 g/mol. The Morgan fingerprint density at radius 1 is 1.07 bits per heavy atom. The van der Waals surface area contributed by atoms with Gasteiger partial charge in [-0.05, 0) is 60.6 Å². The minimum atomic E-state index is -5.02. The van der Waals surface area contributed by atoms with Crippen LogP contribution in [0.5, 0.6) is 0 Å². The van der Waals surface area contributed by atoms with E-state index in [-0.39, 0.29) is 18.1 Å². The van der Waals surface area contributed by atoms with Crippen molar-refractivity contribution in [2.24, 2.45) is 4.99 Å². The first-order valence-electron chi connectivity index (χ1n) is 12.7. The zero-order valence-electron chi connectivity index (χ0n) is 22.3. The van der Waals surface area contributed by atoms with Crippen molar-refractivity contribution in [3.8, 4) is 6.07 Å². The summed E-state index contributed by atoms with van der Waals surface area (Å²) in [7, 11) is 1.71. The Hall–Kier alpha value is -4.41. The van der Waals surface area contributed by atoms with E-state index in [2.05, 4.69) is 11.4 Å². The van der Waals surface area contributed by atoms with Crippen molar-refractivity contribution in [1.29, 1.82) is 5.26 Å². The number of rotatable bonds is 6. The third-order valence-corrected chi connectivity index (χ3v) is 8.73. The van der Waals surface area contributed by atoms with Gasteiger partial charge < -0.3 is 15.5 Å². The van der Waals surface area contributed by atoms with Crippen molar-refractivity contribution in [2.75, 3.05) is 29.1 Å². The molecule has 2 aliphatic rings. The topological polar surface area (TPSA) is 101 Å². The molecular formula is C29H23F3N6O2S2. The van der Waals surface area contributed by atoms with Gasteiger partial charge in [0.15, 0.2) is 5.17 Å². The molecule has 0 aliphatic carbocycles. The highest BCUT2D eigenvalue weighted by Crippen LogP contribution is 2.51. The number of hydrogen-bond donors (Lipinski definition) is 2. The molecule has 2 aliphatic heterocycles. The summed E-state index contributed by atoms with van der Waals surface area (Å²) in [6.45, 7) is 2.83. The lowest BCUT2D eigenvalue weighted by atomic mass is 10.2. The third kappa shape index (κ3) is 5.95. The smallest absolute Gasteiger partial charge is 0.384 e. The first-order valence-corrected chi connectivity index (χ1v) is 14.3. The zero-order chi connectivity index (χ0) is 30.0. The Morgan fingerprint density at radius 2 is 1.83 bits per heavy atom. The average Bonchev–Trinajstić information content (AvgIpc) is 3.45. The Balaban J connectivity index is 1.53. The van der Waals surface area contributed by atoms with E-state index in [1.165, 1.54) is 35.7 Å². The Bertz CT molecular complexity index is 1670. The number of nitriles is 1. The molecule has 0 unspecified atom stereocenters. The SMILES string of the molecule is CCNc1ccc(C#N)cc1/N=C1/S/C(=C2\Sc3ccc(NC(=O)C(F)(F)F)cc3N2C)C(=O)N1Cc1ccccc1. The van der Waals surface area contributed by atoms with Crippen LogP contribution in [-0.4, -0.2) is 41.7 Å². The summed E-state index contributed by atoms with van der Waals surface area (Å²) in [5.74, 6) is -2.34. The molecule has 1 fully saturated rings. The van der Waals surface area contributed by atoms with Gasteiger partial charge in [0.1, 0.15) is 4.91 Å². The standard InChI is InChI=1S/C29H23F3N6O2S2/c1-3-34-20-11-9-18(15-33)13-21(20)36-28-38(16-17-7-5-4-6-8-17)25(39)24(42-28)26-37(2)22-14-19(10-12-23(22)41-26)35-27(40)29(30,31)32/h4-14,34H,3,16H2,1-2H3,(H,35,40)/b26-24-,36-28+. The number of thioether (sulfide) groups is 2. The van der Waals surface area contributed by atoms with E-state index < -0.39 is 12.1 Å². The van der Waals surface area contributed by atoms with Crippen LogP contribution in [0, 0.1) is 11.3 Å². The van der Waals surface area contributed by atoms with E-state index in [9.17, 15) is 28.0 Å². The van der Waals surface area contributed by atoms with Gasteiger partial charge in [0.05, 0.1) is 40.3 Å². The van der Waals surface area contributed by atoms with E-state index >= 15 is 0 Å². The number of fused-ring (bicyclic) bond motifs is 1. The number of nitrogens with one attached hydrogen (secondary N) is 2. The number of benzene rings is 3. The highest BCUT2D eigenvalue weighted by atomic mass is 32.2. The molecule has 0 atom stereocenters. The van der Waals surface area contributed by atoms with Gasteiger partial charge in [0.2, 0.25) is 0 Å². The fraction of sp³-hybridized carbons (Fsp3) is 0.172. The molecule has 214 valence electrons. The number of carbonyl (C=O) groups is 2. The Kier molecular flexibility index (Phi) is 8.20. The second kappa shape index (κ2) is 11.8. The van der Waals surface area contributed by atoms with Crippen LogP contribution in [0.15, 0.2) is 86.6 Å². The van der Waals surface area contributed by atoms with Crippen LogP contribution in [0.1, 0.15) is 18.1 Å². The van der Waals surface area contributed by atoms with Crippen LogP contribution in [0.2, 0.25) is 0 Å². The molecule has 5 rings (SSSR count). The Labute approximate surface area is 248 Å². The van der Waals surface area contributed by atoms with Crippen LogP contribution >= 0.6 is 23.5 Å². The molecule has 0 spiro atoms. The molecule has 2 amide bonds. The van der Waals surface area contributed by atoms with E-state index in [4.69, 9.17) is 4.99 Å². The first kappa shape index (κ1) is 29.1. The molecule has 8 nitrogen and oxygen atoms in total. The maximum Gasteiger partial charge on any atom is 0.471 e. The van der Waals surface area contributed by atoms with Crippen molar-refractivity contribution in [2.45, 2.75) is 24.5 Å². The number of alkyl halides is 3. The first-order chi connectivity index (χ1) is 20.1. The summed E-state index contributed by atoms with van der Waals surface area (Å²) in [5, 5.41) is 15.6. The summed E-state index contributed by atoms with van der Waals surface area (Å²) in [6, 6.07) is 21.1. The van der Waals surface area contributed by atoms with Crippen LogP contribution in [0.4, 0.5) is 35.9 Å². The van der Waals surface area contributed by atoms with Crippen LogP contribution < -0.4 is 15.5 Å². The van der Waals surface area contributed by atoms with Crippen molar-refractivity contribution in [1.82, 2.24) is 4.90 Å². The van der Waals surface area contributed by atoms with E-state index in [0.29, 0.717) is 44.3 Å². The lowest BCUT2D eigenvalue weighted by Crippen LogP contribution is -2.30. The van der Waals surface area contributed by atoms with Gasteiger partial charge in [-0.25, -0.2) is 4.99 Å². The molecule has 3 aromatic carbocycles. The number of amides is 2. The van der Waals surface area contributed by atoms with Crippen LogP contribution in [-0.2, 0) is 16.1 Å². The molecule has 0 saturated carbocycles. The van der Waals surface area contributed by atoms with E-state index in [0.717, 1.165) is 10.5 Å². The van der Waals surface area contributed by atoms with Gasteiger partial charge >= 0.3 is 12.1 Å². The minimum Gasteiger partial charge on any atom is -0.384 e. The molecule has 2 N–H and O–H groups in total. The number of carbonyl (C=O) groups excluding carboxylic acids is 2. The van der Waals surface area contributed by atoms with Crippen LogP contribution in [0.3, 0.4) is 0 Å². The zero-order valence-corrected chi connectivity index (χ0v) is 24.0. The quantitative estimate of drug-likeness (QED) is 0.302. The number of amidine groups is 1. The summed E-state index contributed by atoms with van der Waals surface area (Å²) >= 11 is 2.49. The van der Waals surface area contributed by atoms with Crippen molar-refractivity contribution < 1.29 is 22.8 Å². The van der Waals surface area contributed by atoms with Gasteiger partial charge in [-0.2, -0.15) is 18.4 Å². The molecule has 0 radical (unpaired) electrons. The highest BCUT2D eigenvalue weighted by Gasteiger charge is 2.41. The summed E-state index contributed by atoms with van der Waals surface area (Å²) in [4.78, 5) is 34.6. The highest BCUT2D eigenvalue weighted by molar-refractivity contribution is 8.19. The maximum atomic E-state index is 13.9. The van der Waals surface area contributed by atoms with E-state index in [1.54, 1.807) is 41.1 Å². The lowest BCUT2D eigenvalue weighted by molar-refractivity contribution is -0.167. The Morgan fingerprint density at radius 3 is 2.52 bits per heavy atom. The third-order valence-electron chi connectivity index (χ3n) is 6.30. The number of hydrogen-bond acceptors (Lipinski definition) is 8. The molecule has 1 saturated heterocycles. The molecule has 2 heterocycles. The molecule has 13 heteroatoms. The van der Waals surface area contributed by atoms with Gasteiger partial charge in [-0.3, -0.25) is 14.5 Å². The fourth-order valence-corrected chi connectivity index (χ4v) is 6.60. The van der Waals surface area contributed by atoms with E-state index in [1.807, 2.05) is 42.6 Å². The lowest BCUT2D eigenvalue weighted by Gasteiger charge is -2.17. The predicted octanol–water partition coefficient (Wildman–Crippen LogP) is 6.67. The molecular weight excluding hydrogens is 585 g/mol. The second-order valence-corrected chi connectivity index (χ2v) is 11.2. The number of halogens is 3. The number of nitrogens with zero attached hydrogens (tertiary/aromatic N) is 4.